The summed E-state index contributed by atoms with van der Waals surface area (Å²) in [6, 6.07) is 7.08. The Morgan fingerprint density at radius 1 is 1.29 bits per heavy atom. The van der Waals surface area contributed by atoms with E-state index in [1.165, 1.54) is 0 Å². The van der Waals surface area contributed by atoms with Crippen LogP contribution in [0.4, 0.5) is 0 Å². The maximum absolute atomic E-state index is 11.7. The van der Waals surface area contributed by atoms with E-state index >= 15 is 0 Å². The SMILES string of the molecule is O=C(O)C(NS(=O)(=O)C1CC1)c1ccccc1. The minimum absolute atomic E-state index is 0.423. The molecular weight excluding hydrogens is 242 g/mol. The van der Waals surface area contributed by atoms with Crippen LogP contribution in [0.3, 0.4) is 0 Å². The smallest absolute Gasteiger partial charge is 0.326 e. The van der Waals surface area contributed by atoms with Crippen LogP contribution in [-0.4, -0.2) is 24.7 Å². The number of nitrogens with one attached hydrogen (secondary N) is 1. The summed E-state index contributed by atoms with van der Waals surface area (Å²) in [5.74, 6) is -1.19. The van der Waals surface area contributed by atoms with Crippen LogP contribution in [0.15, 0.2) is 30.3 Å². The number of carbonyl (C=O) groups is 1. The van der Waals surface area contributed by atoms with E-state index in [0.29, 0.717) is 18.4 Å². The van der Waals surface area contributed by atoms with Gasteiger partial charge in [-0.3, -0.25) is 4.79 Å². The number of carboxylic acids is 1. The Bertz CT molecular complexity index is 508. The molecule has 2 rings (SSSR count). The fraction of sp³-hybridized carbons (Fsp3) is 0.364. The van der Waals surface area contributed by atoms with Gasteiger partial charge in [0.1, 0.15) is 6.04 Å². The number of hydrogen-bond acceptors (Lipinski definition) is 3. The first-order chi connectivity index (χ1) is 8.00. The van der Waals surface area contributed by atoms with Crippen molar-refractivity contribution in [2.45, 2.75) is 24.1 Å². The molecule has 6 heteroatoms. The van der Waals surface area contributed by atoms with E-state index < -0.39 is 27.3 Å². The molecule has 2 N–H and O–H groups in total. The number of benzene rings is 1. The van der Waals surface area contributed by atoms with Gasteiger partial charge in [0, 0.05) is 0 Å². The van der Waals surface area contributed by atoms with Crippen LogP contribution in [0.5, 0.6) is 0 Å². The average Bonchev–Trinajstić information content (AvgIpc) is 3.11. The van der Waals surface area contributed by atoms with Gasteiger partial charge in [-0.15, -0.1) is 0 Å². The predicted molar refractivity (Wildman–Crippen MR) is 61.9 cm³/mol. The van der Waals surface area contributed by atoms with E-state index in [0.717, 1.165) is 0 Å². The lowest BCUT2D eigenvalue weighted by molar-refractivity contribution is -0.139. The standard InChI is InChI=1S/C11H13NO4S/c13-11(14)10(8-4-2-1-3-5-8)12-17(15,16)9-6-7-9/h1-5,9-10,12H,6-7H2,(H,13,14). The van der Waals surface area contributed by atoms with Gasteiger partial charge in [-0.05, 0) is 18.4 Å². The summed E-state index contributed by atoms with van der Waals surface area (Å²) in [7, 11) is -3.51. The van der Waals surface area contributed by atoms with Crippen molar-refractivity contribution in [1.29, 1.82) is 0 Å². The van der Waals surface area contributed by atoms with E-state index in [4.69, 9.17) is 5.11 Å². The van der Waals surface area contributed by atoms with E-state index in [2.05, 4.69) is 4.72 Å². The van der Waals surface area contributed by atoms with Gasteiger partial charge in [0.05, 0.1) is 5.25 Å². The van der Waals surface area contributed by atoms with Crippen molar-refractivity contribution < 1.29 is 18.3 Å². The highest BCUT2D eigenvalue weighted by atomic mass is 32.2. The van der Waals surface area contributed by atoms with Gasteiger partial charge in [0.2, 0.25) is 10.0 Å². The third kappa shape index (κ3) is 2.83. The Hall–Kier alpha value is -1.40. The molecule has 0 bridgehead atoms. The molecule has 1 atom stereocenters. The lowest BCUT2D eigenvalue weighted by Gasteiger charge is -2.14. The average molecular weight is 255 g/mol. The minimum Gasteiger partial charge on any atom is -0.480 e. The maximum atomic E-state index is 11.7. The number of hydrogen-bond donors (Lipinski definition) is 2. The van der Waals surface area contributed by atoms with Gasteiger partial charge >= 0.3 is 5.97 Å². The molecule has 1 saturated carbocycles. The number of sulfonamides is 1. The van der Waals surface area contributed by atoms with Crippen molar-refractivity contribution in [1.82, 2.24) is 4.72 Å². The second-order valence-electron chi connectivity index (χ2n) is 4.04. The molecule has 0 amide bonds. The van der Waals surface area contributed by atoms with E-state index in [1.807, 2.05) is 0 Å². The van der Waals surface area contributed by atoms with Gasteiger partial charge < -0.3 is 5.11 Å². The first-order valence-corrected chi connectivity index (χ1v) is 6.84. The highest BCUT2D eigenvalue weighted by Gasteiger charge is 2.38. The van der Waals surface area contributed by atoms with Crippen molar-refractivity contribution in [2.24, 2.45) is 0 Å². The molecule has 0 saturated heterocycles. The zero-order valence-corrected chi connectivity index (χ0v) is 9.85. The molecule has 0 heterocycles. The van der Waals surface area contributed by atoms with Gasteiger partial charge in [-0.25, -0.2) is 8.42 Å². The summed E-state index contributed by atoms with van der Waals surface area (Å²) in [6.07, 6.45) is 1.22. The van der Waals surface area contributed by atoms with Crippen LogP contribution < -0.4 is 4.72 Å². The Kier molecular flexibility index (Phi) is 3.17. The summed E-state index contributed by atoms with van der Waals surface area (Å²) in [6.45, 7) is 0. The molecule has 5 nitrogen and oxygen atoms in total. The monoisotopic (exact) mass is 255 g/mol. The number of carboxylic acid groups (broad SMARTS) is 1. The van der Waals surface area contributed by atoms with Gasteiger partial charge in [0.15, 0.2) is 0 Å². The second kappa shape index (κ2) is 4.46. The Morgan fingerprint density at radius 3 is 2.35 bits per heavy atom. The third-order valence-electron chi connectivity index (χ3n) is 2.63. The molecule has 0 aromatic heterocycles. The molecule has 17 heavy (non-hydrogen) atoms. The first-order valence-electron chi connectivity index (χ1n) is 5.29. The summed E-state index contributed by atoms with van der Waals surface area (Å²) >= 11 is 0. The van der Waals surface area contributed by atoms with E-state index in [1.54, 1.807) is 30.3 Å². The normalized spacial score (nSPS) is 17.6. The van der Waals surface area contributed by atoms with Crippen molar-refractivity contribution in [3.8, 4) is 0 Å². The van der Waals surface area contributed by atoms with Crippen molar-refractivity contribution in [2.75, 3.05) is 0 Å². The highest BCUT2D eigenvalue weighted by Crippen LogP contribution is 2.29. The highest BCUT2D eigenvalue weighted by molar-refractivity contribution is 7.90. The zero-order valence-electron chi connectivity index (χ0n) is 9.04. The molecule has 1 aliphatic rings. The summed E-state index contributed by atoms with van der Waals surface area (Å²) in [4.78, 5) is 11.1. The van der Waals surface area contributed by atoms with Gasteiger partial charge in [0.25, 0.3) is 0 Å². The molecule has 0 radical (unpaired) electrons. The quantitative estimate of drug-likeness (QED) is 0.818. The largest absolute Gasteiger partial charge is 0.480 e. The van der Waals surface area contributed by atoms with E-state index in [9.17, 15) is 13.2 Å². The van der Waals surface area contributed by atoms with E-state index in [-0.39, 0.29) is 0 Å². The summed E-state index contributed by atoms with van der Waals surface area (Å²) < 4.78 is 25.7. The van der Waals surface area contributed by atoms with Crippen molar-refractivity contribution in [3.63, 3.8) is 0 Å². The molecule has 1 unspecified atom stereocenters. The lowest BCUT2D eigenvalue weighted by atomic mass is 10.1. The minimum atomic E-state index is -3.51. The third-order valence-corrected chi connectivity index (χ3v) is 4.54. The van der Waals surface area contributed by atoms with Crippen molar-refractivity contribution >= 4 is 16.0 Å². The first kappa shape index (κ1) is 12.1. The molecular formula is C11H13NO4S. The predicted octanol–water partition coefficient (Wildman–Crippen LogP) is 0.894. The summed E-state index contributed by atoms with van der Waals surface area (Å²) in [5, 5.41) is 8.64. The van der Waals surface area contributed by atoms with Gasteiger partial charge in [-0.2, -0.15) is 4.72 Å². The molecule has 1 aromatic rings. The molecule has 0 spiro atoms. The number of rotatable bonds is 5. The van der Waals surface area contributed by atoms with Gasteiger partial charge in [-0.1, -0.05) is 30.3 Å². The Labute approximate surface area is 99.5 Å². The maximum Gasteiger partial charge on any atom is 0.326 e. The van der Waals surface area contributed by atoms with Crippen LogP contribution in [0, 0.1) is 0 Å². The second-order valence-corrected chi connectivity index (χ2v) is 6.04. The lowest BCUT2D eigenvalue weighted by Crippen LogP contribution is -2.35. The molecule has 1 fully saturated rings. The fourth-order valence-electron chi connectivity index (χ4n) is 1.55. The Morgan fingerprint density at radius 2 is 1.88 bits per heavy atom. The van der Waals surface area contributed by atoms with Crippen molar-refractivity contribution in [3.05, 3.63) is 35.9 Å². The van der Waals surface area contributed by atoms with Crippen LogP contribution in [-0.2, 0) is 14.8 Å². The topological polar surface area (TPSA) is 83.5 Å². The van der Waals surface area contributed by atoms with Crippen LogP contribution in [0.2, 0.25) is 0 Å². The fourth-order valence-corrected chi connectivity index (χ4v) is 3.06. The molecule has 92 valence electrons. The molecule has 1 aromatic carbocycles. The number of aliphatic carboxylic acids is 1. The van der Waals surface area contributed by atoms with Crippen LogP contribution in [0.1, 0.15) is 24.4 Å². The van der Waals surface area contributed by atoms with Crippen LogP contribution in [0.25, 0.3) is 0 Å². The zero-order chi connectivity index (χ0) is 12.5. The summed E-state index contributed by atoms with van der Waals surface area (Å²) in [5.41, 5.74) is 0.434. The molecule has 1 aliphatic carbocycles. The molecule has 0 aliphatic heterocycles. The Balaban J connectivity index is 2.22. The van der Waals surface area contributed by atoms with Crippen LogP contribution >= 0.6 is 0 Å².